The average molecular weight is 433 g/mol. The number of halogens is 6. The Bertz CT molecular complexity index is 916. The molecule has 3 rings (SSSR count). The maximum atomic E-state index is 14.6. The molecular weight excluding hydrogens is 416 g/mol. The smallest absolute Gasteiger partial charge is 0.493 e. The Labute approximate surface area is 168 Å². The molecule has 1 aliphatic rings. The van der Waals surface area contributed by atoms with Gasteiger partial charge in [0.1, 0.15) is 23.1 Å². The van der Waals surface area contributed by atoms with E-state index in [4.69, 9.17) is 4.74 Å². The fraction of sp³-hybridized carbons (Fsp3) is 0.350. The summed E-state index contributed by atoms with van der Waals surface area (Å²) in [6.45, 7) is 1.50. The van der Waals surface area contributed by atoms with E-state index >= 15 is 0 Å². The Balaban J connectivity index is 1.89. The number of hydrogen-bond acceptors (Lipinski definition) is 3. The first kappa shape index (κ1) is 21.8. The molecule has 1 saturated heterocycles. The van der Waals surface area contributed by atoms with Crippen molar-refractivity contribution in [3.8, 4) is 11.5 Å². The average Bonchev–Trinajstić information content (AvgIpc) is 2.90. The van der Waals surface area contributed by atoms with Crippen molar-refractivity contribution in [3.63, 3.8) is 0 Å². The van der Waals surface area contributed by atoms with Crippen LogP contribution in [-0.4, -0.2) is 29.9 Å². The molecule has 1 fully saturated rings. The Morgan fingerprint density at radius 1 is 1.13 bits per heavy atom. The Hall–Kier alpha value is -2.91. The van der Waals surface area contributed by atoms with Crippen molar-refractivity contribution in [2.45, 2.75) is 38.5 Å². The Kier molecular flexibility index (Phi) is 6.14. The van der Waals surface area contributed by atoms with Gasteiger partial charge in [0, 0.05) is 25.1 Å². The van der Waals surface area contributed by atoms with Gasteiger partial charge in [0.25, 0.3) is 5.91 Å². The van der Waals surface area contributed by atoms with Gasteiger partial charge in [0.05, 0.1) is 18.2 Å². The number of alkyl halides is 4. The van der Waals surface area contributed by atoms with Gasteiger partial charge in [-0.15, -0.1) is 13.2 Å². The van der Waals surface area contributed by atoms with Gasteiger partial charge in [0.2, 0.25) is 0 Å². The predicted molar refractivity (Wildman–Crippen MR) is 93.5 cm³/mol. The summed E-state index contributed by atoms with van der Waals surface area (Å²) in [5.41, 5.74) is 0.223. The van der Waals surface area contributed by atoms with Crippen LogP contribution in [0.2, 0.25) is 0 Å². The first-order chi connectivity index (χ1) is 14.1. The summed E-state index contributed by atoms with van der Waals surface area (Å²) < 4.78 is 88.3. The zero-order valence-electron chi connectivity index (χ0n) is 15.7. The summed E-state index contributed by atoms with van der Waals surface area (Å²) in [5, 5.41) is 0. The SMILES string of the molecule is CCOc1cc(F)cc(F)c1[C@H]1C[C@H](F)C(=O)N1Cc1ccc(OC(F)(F)F)cc1. The number of ether oxygens (including phenoxy) is 2. The molecule has 1 aliphatic heterocycles. The summed E-state index contributed by atoms with van der Waals surface area (Å²) in [4.78, 5) is 13.4. The largest absolute Gasteiger partial charge is 0.573 e. The van der Waals surface area contributed by atoms with E-state index < -0.39 is 41.9 Å². The third kappa shape index (κ3) is 4.80. The van der Waals surface area contributed by atoms with E-state index in [1.54, 1.807) is 6.92 Å². The van der Waals surface area contributed by atoms with Gasteiger partial charge in [-0.25, -0.2) is 13.2 Å². The van der Waals surface area contributed by atoms with E-state index in [9.17, 15) is 31.1 Å². The van der Waals surface area contributed by atoms with Crippen LogP contribution in [0.15, 0.2) is 36.4 Å². The topological polar surface area (TPSA) is 38.8 Å². The molecule has 1 heterocycles. The highest BCUT2D eigenvalue weighted by atomic mass is 19.4. The number of carbonyl (C=O) groups is 1. The van der Waals surface area contributed by atoms with E-state index in [0.717, 1.165) is 23.1 Å². The minimum atomic E-state index is -4.85. The zero-order valence-corrected chi connectivity index (χ0v) is 15.7. The summed E-state index contributed by atoms with van der Waals surface area (Å²) in [5.74, 6) is -3.36. The molecule has 0 aromatic heterocycles. The molecule has 2 aromatic rings. The van der Waals surface area contributed by atoms with Gasteiger partial charge in [-0.1, -0.05) is 12.1 Å². The van der Waals surface area contributed by atoms with Crippen LogP contribution in [0.5, 0.6) is 11.5 Å². The molecule has 0 saturated carbocycles. The van der Waals surface area contributed by atoms with Crippen molar-refractivity contribution in [2.24, 2.45) is 0 Å². The number of benzene rings is 2. The van der Waals surface area contributed by atoms with Gasteiger partial charge in [0.15, 0.2) is 6.17 Å². The summed E-state index contributed by atoms with van der Waals surface area (Å²) in [6.07, 6.45) is -7.12. The van der Waals surface area contributed by atoms with Crippen LogP contribution < -0.4 is 9.47 Å². The molecule has 0 radical (unpaired) electrons. The summed E-state index contributed by atoms with van der Waals surface area (Å²) >= 11 is 0. The van der Waals surface area contributed by atoms with E-state index in [1.807, 2.05) is 0 Å². The van der Waals surface area contributed by atoms with E-state index in [1.165, 1.54) is 12.1 Å². The molecule has 10 heteroatoms. The fourth-order valence-electron chi connectivity index (χ4n) is 3.37. The Morgan fingerprint density at radius 2 is 1.80 bits per heavy atom. The third-order valence-corrected chi connectivity index (χ3v) is 4.56. The standard InChI is InChI=1S/C20H17F6NO3/c1-2-29-17-8-12(21)7-14(22)18(17)16-9-15(23)19(28)27(16)10-11-3-5-13(6-4-11)30-20(24,25)26/h3-8,15-16H,2,9-10H2,1H3/t15-,16+/m0/s1. The normalized spacial score (nSPS) is 19.3. The minimum Gasteiger partial charge on any atom is -0.493 e. The lowest BCUT2D eigenvalue weighted by atomic mass is 10.0. The molecule has 0 bridgehead atoms. The highest BCUT2D eigenvalue weighted by Gasteiger charge is 2.43. The molecule has 0 N–H and O–H groups in total. The first-order valence-corrected chi connectivity index (χ1v) is 9.00. The van der Waals surface area contributed by atoms with Crippen LogP contribution in [0, 0.1) is 11.6 Å². The molecule has 162 valence electrons. The maximum Gasteiger partial charge on any atom is 0.573 e. The van der Waals surface area contributed by atoms with Gasteiger partial charge >= 0.3 is 6.36 Å². The maximum absolute atomic E-state index is 14.6. The fourth-order valence-corrected chi connectivity index (χ4v) is 3.37. The van der Waals surface area contributed by atoms with Crippen LogP contribution in [0.3, 0.4) is 0 Å². The molecule has 2 atom stereocenters. The van der Waals surface area contributed by atoms with Gasteiger partial charge in [-0.3, -0.25) is 4.79 Å². The molecule has 2 aromatic carbocycles. The third-order valence-electron chi connectivity index (χ3n) is 4.56. The van der Waals surface area contributed by atoms with Crippen molar-refractivity contribution in [1.82, 2.24) is 4.90 Å². The van der Waals surface area contributed by atoms with Crippen molar-refractivity contribution in [2.75, 3.05) is 6.61 Å². The molecule has 30 heavy (non-hydrogen) atoms. The second-order valence-corrected chi connectivity index (χ2v) is 6.61. The van der Waals surface area contributed by atoms with Crippen molar-refractivity contribution in [3.05, 3.63) is 59.2 Å². The van der Waals surface area contributed by atoms with E-state index in [-0.39, 0.29) is 30.9 Å². The monoisotopic (exact) mass is 433 g/mol. The van der Waals surface area contributed by atoms with Crippen LogP contribution >= 0.6 is 0 Å². The highest BCUT2D eigenvalue weighted by Crippen LogP contribution is 2.41. The number of nitrogens with zero attached hydrogens (tertiary/aromatic N) is 1. The van der Waals surface area contributed by atoms with Crippen LogP contribution in [0.4, 0.5) is 26.3 Å². The van der Waals surface area contributed by atoms with Crippen molar-refractivity contribution in [1.29, 1.82) is 0 Å². The highest BCUT2D eigenvalue weighted by molar-refractivity contribution is 5.84. The number of rotatable bonds is 6. The predicted octanol–water partition coefficient (Wildman–Crippen LogP) is 5.07. The molecule has 4 nitrogen and oxygen atoms in total. The second kappa shape index (κ2) is 8.45. The Morgan fingerprint density at radius 3 is 2.40 bits per heavy atom. The molecule has 0 aliphatic carbocycles. The van der Waals surface area contributed by atoms with E-state index in [0.29, 0.717) is 11.6 Å². The minimum absolute atomic E-state index is 0.0935. The quantitative estimate of drug-likeness (QED) is 0.597. The van der Waals surface area contributed by atoms with Crippen LogP contribution in [-0.2, 0) is 11.3 Å². The van der Waals surface area contributed by atoms with Gasteiger partial charge in [-0.05, 0) is 24.6 Å². The number of likely N-dealkylation sites (tertiary alicyclic amines) is 1. The molecule has 1 amide bonds. The number of amides is 1. The van der Waals surface area contributed by atoms with E-state index in [2.05, 4.69) is 4.74 Å². The van der Waals surface area contributed by atoms with Crippen molar-refractivity contribution >= 4 is 5.91 Å². The number of hydrogen-bond donors (Lipinski definition) is 0. The summed E-state index contributed by atoms with van der Waals surface area (Å²) in [6, 6.07) is 5.17. The van der Waals surface area contributed by atoms with Crippen molar-refractivity contribution < 1.29 is 40.6 Å². The van der Waals surface area contributed by atoms with Gasteiger partial charge in [-0.2, -0.15) is 0 Å². The lowest BCUT2D eigenvalue weighted by Gasteiger charge is -2.27. The van der Waals surface area contributed by atoms with Crippen LogP contribution in [0.25, 0.3) is 0 Å². The first-order valence-electron chi connectivity index (χ1n) is 9.00. The number of carbonyl (C=O) groups excluding carboxylic acids is 1. The second-order valence-electron chi connectivity index (χ2n) is 6.61. The molecule has 0 unspecified atom stereocenters. The molecule has 0 spiro atoms. The lowest BCUT2D eigenvalue weighted by molar-refractivity contribution is -0.274. The summed E-state index contributed by atoms with van der Waals surface area (Å²) in [7, 11) is 0. The molecular formula is C20H17F6NO3. The van der Waals surface area contributed by atoms with Gasteiger partial charge < -0.3 is 14.4 Å². The zero-order chi connectivity index (χ0) is 22.1. The van der Waals surface area contributed by atoms with Crippen LogP contribution in [0.1, 0.15) is 30.5 Å². The lowest BCUT2D eigenvalue weighted by Crippen LogP contribution is -2.30.